The first-order valence-corrected chi connectivity index (χ1v) is 6.81. The van der Waals surface area contributed by atoms with Crippen LogP contribution in [0.5, 0.6) is 0 Å². The molecule has 0 rings (SSSR count). The Morgan fingerprint density at radius 1 is 1.25 bits per heavy atom. The van der Waals surface area contributed by atoms with E-state index in [-0.39, 0.29) is 11.7 Å². The molecule has 0 aromatic heterocycles. The van der Waals surface area contributed by atoms with Gasteiger partial charge < -0.3 is 9.84 Å². The van der Waals surface area contributed by atoms with E-state index in [1.54, 1.807) is 0 Å². The average molecular weight is 230 g/mol. The van der Waals surface area contributed by atoms with Crippen molar-refractivity contribution in [2.45, 2.75) is 78.4 Å². The summed E-state index contributed by atoms with van der Waals surface area (Å²) in [6.45, 7) is 11.3. The molecule has 0 heterocycles. The van der Waals surface area contributed by atoms with Gasteiger partial charge in [0.1, 0.15) is 0 Å². The van der Waals surface area contributed by atoms with Crippen LogP contribution >= 0.6 is 0 Å². The Balaban J connectivity index is 3.93. The number of aliphatic hydroxyl groups excluding tert-OH is 1. The summed E-state index contributed by atoms with van der Waals surface area (Å²) < 4.78 is 5.79. The summed E-state index contributed by atoms with van der Waals surface area (Å²) in [5, 5.41) is 9.57. The summed E-state index contributed by atoms with van der Waals surface area (Å²) in [5.74, 6) is 0.447. The Hall–Kier alpha value is -0.0800. The lowest BCUT2D eigenvalue weighted by atomic mass is 9.89. The Morgan fingerprint density at radius 2 is 1.88 bits per heavy atom. The van der Waals surface area contributed by atoms with Crippen molar-refractivity contribution in [2.24, 2.45) is 5.92 Å². The molecule has 0 aliphatic rings. The van der Waals surface area contributed by atoms with Gasteiger partial charge in [-0.2, -0.15) is 0 Å². The van der Waals surface area contributed by atoms with E-state index < -0.39 is 0 Å². The van der Waals surface area contributed by atoms with Crippen LogP contribution in [0.15, 0.2) is 0 Å². The van der Waals surface area contributed by atoms with Crippen LogP contribution < -0.4 is 0 Å². The highest BCUT2D eigenvalue weighted by Gasteiger charge is 2.22. The number of hydrogen-bond acceptors (Lipinski definition) is 2. The van der Waals surface area contributed by atoms with Gasteiger partial charge in [-0.1, -0.05) is 26.7 Å². The molecular formula is C14H30O2. The normalized spacial score (nSPS) is 19.1. The van der Waals surface area contributed by atoms with Crippen molar-refractivity contribution in [1.29, 1.82) is 0 Å². The quantitative estimate of drug-likeness (QED) is 0.653. The Bertz CT molecular complexity index is 168. The molecule has 1 N–H and O–H groups in total. The minimum atomic E-state index is -0.176. The molecule has 0 aliphatic carbocycles. The van der Waals surface area contributed by atoms with Crippen molar-refractivity contribution >= 4 is 0 Å². The molecule has 0 fully saturated rings. The van der Waals surface area contributed by atoms with E-state index in [0.29, 0.717) is 5.92 Å². The van der Waals surface area contributed by atoms with Gasteiger partial charge in [0.2, 0.25) is 0 Å². The monoisotopic (exact) mass is 230 g/mol. The fraction of sp³-hybridized carbons (Fsp3) is 1.00. The number of rotatable bonds is 9. The molecule has 0 radical (unpaired) electrons. The maximum absolute atomic E-state index is 9.57. The molecule has 2 nitrogen and oxygen atoms in total. The van der Waals surface area contributed by atoms with Crippen molar-refractivity contribution in [3.8, 4) is 0 Å². The zero-order valence-corrected chi connectivity index (χ0v) is 11.8. The lowest BCUT2D eigenvalue weighted by molar-refractivity contribution is -0.0368. The van der Waals surface area contributed by atoms with E-state index in [1.807, 2.05) is 6.92 Å². The van der Waals surface area contributed by atoms with E-state index in [4.69, 9.17) is 4.74 Å². The highest BCUT2D eigenvalue weighted by atomic mass is 16.5. The molecule has 0 spiro atoms. The first kappa shape index (κ1) is 15.9. The average Bonchev–Trinajstić information content (AvgIpc) is 2.24. The van der Waals surface area contributed by atoms with E-state index in [9.17, 15) is 5.11 Å². The van der Waals surface area contributed by atoms with Crippen molar-refractivity contribution < 1.29 is 9.84 Å². The Kier molecular flexibility index (Phi) is 8.04. The number of aliphatic hydroxyl groups is 1. The van der Waals surface area contributed by atoms with Gasteiger partial charge >= 0.3 is 0 Å². The van der Waals surface area contributed by atoms with Gasteiger partial charge in [-0.3, -0.25) is 0 Å². The Labute approximate surface area is 101 Å². The second kappa shape index (κ2) is 8.08. The van der Waals surface area contributed by atoms with Crippen molar-refractivity contribution in [2.75, 3.05) is 6.61 Å². The summed E-state index contributed by atoms with van der Waals surface area (Å²) in [4.78, 5) is 0. The summed E-state index contributed by atoms with van der Waals surface area (Å²) >= 11 is 0. The molecule has 0 aliphatic heterocycles. The van der Waals surface area contributed by atoms with Crippen LogP contribution in [-0.4, -0.2) is 23.4 Å². The summed E-state index contributed by atoms with van der Waals surface area (Å²) in [6, 6.07) is 0. The largest absolute Gasteiger partial charge is 0.393 e. The predicted molar refractivity (Wildman–Crippen MR) is 69.6 cm³/mol. The molecule has 16 heavy (non-hydrogen) atoms. The summed E-state index contributed by atoms with van der Waals surface area (Å²) in [5.41, 5.74) is 0.0335. The molecule has 0 aromatic rings. The second-order valence-corrected chi connectivity index (χ2v) is 5.04. The molecule has 2 heteroatoms. The molecule has 0 bridgehead atoms. The van der Waals surface area contributed by atoms with Gasteiger partial charge in [0.25, 0.3) is 0 Å². The van der Waals surface area contributed by atoms with Gasteiger partial charge in [-0.25, -0.2) is 0 Å². The third kappa shape index (κ3) is 5.86. The molecule has 3 atom stereocenters. The van der Waals surface area contributed by atoms with Crippen LogP contribution in [0.1, 0.15) is 66.7 Å². The number of hydrogen-bond donors (Lipinski definition) is 1. The minimum Gasteiger partial charge on any atom is -0.393 e. The van der Waals surface area contributed by atoms with E-state index in [0.717, 1.165) is 38.7 Å². The van der Waals surface area contributed by atoms with E-state index >= 15 is 0 Å². The van der Waals surface area contributed by atoms with Gasteiger partial charge in [-0.15, -0.1) is 0 Å². The summed E-state index contributed by atoms with van der Waals surface area (Å²) in [7, 11) is 0. The van der Waals surface area contributed by atoms with Crippen LogP contribution in [0.3, 0.4) is 0 Å². The topological polar surface area (TPSA) is 29.5 Å². The van der Waals surface area contributed by atoms with Gasteiger partial charge in [0.05, 0.1) is 11.7 Å². The van der Waals surface area contributed by atoms with Crippen LogP contribution in [0.2, 0.25) is 0 Å². The van der Waals surface area contributed by atoms with Crippen molar-refractivity contribution in [1.82, 2.24) is 0 Å². The molecule has 3 unspecified atom stereocenters. The first-order valence-electron chi connectivity index (χ1n) is 6.81. The maximum Gasteiger partial charge on any atom is 0.0651 e. The molecule has 0 aromatic carbocycles. The van der Waals surface area contributed by atoms with Crippen LogP contribution in [0, 0.1) is 5.92 Å². The van der Waals surface area contributed by atoms with E-state index in [2.05, 4.69) is 27.7 Å². The molecular weight excluding hydrogens is 200 g/mol. The van der Waals surface area contributed by atoms with Gasteiger partial charge in [0, 0.05) is 6.61 Å². The molecule has 0 saturated carbocycles. The second-order valence-electron chi connectivity index (χ2n) is 5.04. The highest BCUT2D eigenvalue weighted by Crippen LogP contribution is 2.25. The van der Waals surface area contributed by atoms with E-state index in [1.165, 1.54) is 0 Å². The fourth-order valence-electron chi connectivity index (χ4n) is 2.22. The van der Waals surface area contributed by atoms with Crippen molar-refractivity contribution in [3.05, 3.63) is 0 Å². The zero-order valence-electron chi connectivity index (χ0n) is 11.8. The third-order valence-electron chi connectivity index (χ3n) is 3.73. The minimum absolute atomic E-state index is 0.0335. The highest BCUT2D eigenvalue weighted by molar-refractivity contribution is 4.74. The van der Waals surface area contributed by atoms with Crippen LogP contribution in [-0.2, 0) is 4.74 Å². The van der Waals surface area contributed by atoms with Gasteiger partial charge in [0.15, 0.2) is 0 Å². The summed E-state index contributed by atoms with van der Waals surface area (Å²) in [6.07, 6.45) is 5.30. The lowest BCUT2D eigenvalue weighted by Gasteiger charge is -2.29. The molecule has 0 amide bonds. The number of ether oxygens (including phenoxy) is 1. The Morgan fingerprint density at radius 3 is 2.25 bits per heavy atom. The van der Waals surface area contributed by atoms with Gasteiger partial charge in [-0.05, 0) is 46.0 Å². The smallest absolute Gasteiger partial charge is 0.0651 e. The first-order chi connectivity index (χ1) is 7.49. The fourth-order valence-corrected chi connectivity index (χ4v) is 2.22. The molecule has 0 saturated heterocycles. The third-order valence-corrected chi connectivity index (χ3v) is 3.73. The maximum atomic E-state index is 9.57. The standard InChI is InChI=1S/C14H30O2/c1-6-13(12(4)15)10-9-11-14(5,7-2)16-8-3/h12-13,15H,6-11H2,1-5H3. The predicted octanol–water partition coefficient (Wildman–Crippen LogP) is 3.77. The van der Waals surface area contributed by atoms with Crippen LogP contribution in [0.4, 0.5) is 0 Å². The van der Waals surface area contributed by atoms with Crippen molar-refractivity contribution in [3.63, 3.8) is 0 Å². The SMILES string of the molecule is CCOC(C)(CC)CCCC(CC)C(C)O. The molecule has 98 valence electrons. The van der Waals surface area contributed by atoms with Crippen LogP contribution in [0.25, 0.3) is 0 Å². The lowest BCUT2D eigenvalue weighted by Crippen LogP contribution is -2.28. The zero-order chi connectivity index (χ0) is 12.6.